The Kier molecular flexibility index (Phi) is 19.8. The summed E-state index contributed by atoms with van der Waals surface area (Å²) in [5, 5.41) is 25.2. The van der Waals surface area contributed by atoms with E-state index in [0.717, 1.165) is 31.2 Å². The molecule has 2 aromatic rings. The topological polar surface area (TPSA) is 237 Å². The third-order valence-corrected chi connectivity index (χ3v) is 13.1. The second kappa shape index (κ2) is 24.0. The molecule has 1 aliphatic heterocycles. The van der Waals surface area contributed by atoms with E-state index in [1.165, 1.54) is 13.0 Å². The lowest BCUT2D eigenvalue weighted by Crippen LogP contribution is -2.61. The highest BCUT2D eigenvalue weighted by Gasteiger charge is 2.39. The summed E-state index contributed by atoms with van der Waals surface area (Å²) in [6.45, 7) is 23.6. The van der Waals surface area contributed by atoms with Gasteiger partial charge in [0.2, 0.25) is 35.5 Å². The van der Waals surface area contributed by atoms with E-state index in [0.29, 0.717) is 41.0 Å². The maximum Gasteiger partial charge on any atom is 0.264 e. The predicted octanol–water partition coefficient (Wildman–Crippen LogP) is 5.11. The first-order valence-electron chi connectivity index (χ1n) is 22.5. The monoisotopic (exact) mass is 921 g/mol. The molecule has 0 aromatic heterocycles. The molecule has 0 saturated heterocycles. The first kappa shape index (κ1) is 53.6. The van der Waals surface area contributed by atoms with Gasteiger partial charge >= 0.3 is 0 Å². The van der Waals surface area contributed by atoms with Crippen LogP contribution in [0.15, 0.2) is 60.5 Å². The zero-order valence-electron chi connectivity index (χ0n) is 39.7. The van der Waals surface area contributed by atoms with Crippen molar-refractivity contribution in [3.63, 3.8) is 0 Å². The Labute approximate surface area is 385 Å². The molecule has 0 bridgehead atoms. The number of allylic oxidation sites excluding steroid dienone is 1. The Bertz CT molecular complexity index is 2180. The molecule has 0 radical (unpaired) electrons. The van der Waals surface area contributed by atoms with E-state index < -0.39 is 74.8 Å². The molecule has 17 heteroatoms. The van der Waals surface area contributed by atoms with Crippen LogP contribution < -0.4 is 41.4 Å². The van der Waals surface area contributed by atoms with Crippen molar-refractivity contribution in [2.45, 2.75) is 154 Å². The van der Waals surface area contributed by atoms with Gasteiger partial charge in [-0.2, -0.15) is 0 Å². The molecule has 0 saturated carbocycles. The molecule has 8 N–H and O–H groups in total. The van der Waals surface area contributed by atoms with Crippen LogP contribution in [-0.2, 0) is 40.4 Å². The third kappa shape index (κ3) is 14.9. The van der Waals surface area contributed by atoms with Crippen molar-refractivity contribution in [3.05, 3.63) is 83.5 Å². The van der Waals surface area contributed by atoms with Gasteiger partial charge in [-0.3, -0.25) is 29.4 Å². The summed E-state index contributed by atoms with van der Waals surface area (Å²) in [6, 6.07) is 5.33. The van der Waals surface area contributed by atoms with Gasteiger partial charge in [-0.25, -0.2) is 13.1 Å². The summed E-state index contributed by atoms with van der Waals surface area (Å²) < 4.78 is 36.0. The average molecular weight is 921 g/mol. The number of nitrogens with one attached hydrogen (secondary N) is 8. The van der Waals surface area contributed by atoms with Crippen LogP contribution in [0.25, 0.3) is 0 Å². The number of guanidine groups is 1. The summed E-state index contributed by atoms with van der Waals surface area (Å²) in [6.07, 6.45) is 7.63. The van der Waals surface area contributed by atoms with E-state index >= 15 is 0 Å². The SMILES string of the molecule is C=CCCCCCNC(=O)[C@H](NC(=O)[C@H](CC)NC(=O)[C@H](CCCNC(=N)NS(=O)(=O)c1c(C)c(C)c2c(c1C)CC(C)(C)O2)NC(=O)[C@@](C)(CC=C)NC(=O)C(C)C)c1ccccc1. The molecule has 3 rings (SSSR count). The minimum absolute atomic E-state index is 0.0119. The Hall–Kier alpha value is -5.71. The molecule has 5 amide bonds. The molecule has 0 aliphatic carbocycles. The number of hydrogen-bond acceptors (Lipinski definition) is 9. The minimum atomic E-state index is -4.21. The van der Waals surface area contributed by atoms with Crippen molar-refractivity contribution in [1.82, 2.24) is 36.6 Å². The number of benzene rings is 2. The van der Waals surface area contributed by atoms with Crippen molar-refractivity contribution in [1.29, 1.82) is 5.41 Å². The Morgan fingerprint density at radius 1 is 0.831 bits per heavy atom. The maximum absolute atomic E-state index is 14.1. The lowest BCUT2D eigenvalue weighted by Gasteiger charge is -2.32. The van der Waals surface area contributed by atoms with Crippen LogP contribution in [0.1, 0.15) is 127 Å². The molecule has 4 atom stereocenters. The normalized spacial score (nSPS) is 15.1. The van der Waals surface area contributed by atoms with Crippen LogP contribution in [0.5, 0.6) is 5.75 Å². The van der Waals surface area contributed by atoms with Crippen molar-refractivity contribution in [3.8, 4) is 5.75 Å². The fourth-order valence-electron chi connectivity index (χ4n) is 7.60. The quantitative estimate of drug-likeness (QED) is 0.0285. The lowest BCUT2D eigenvalue weighted by atomic mass is 9.94. The molecule has 1 heterocycles. The number of sulfonamides is 1. The molecule has 0 fully saturated rings. The van der Waals surface area contributed by atoms with Crippen LogP contribution in [0, 0.1) is 32.1 Å². The molecule has 1 aliphatic rings. The zero-order chi connectivity index (χ0) is 48.7. The van der Waals surface area contributed by atoms with Gasteiger partial charge in [0, 0.05) is 31.0 Å². The maximum atomic E-state index is 14.1. The fraction of sp³-hybridized carbons (Fsp3) is 0.542. The molecule has 2 aromatic carbocycles. The molecular formula is C48H72N8O8S. The minimum Gasteiger partial charge on any atom is -0.487 e. The molecule has 16 nitrogen and oxygen atoms in total. The Morgan fingerprint density at radius 3 is 2.09 bits per heavy atom. The number of unbranched alkanes of at least 4 members (excludes halogenated alkanes) is 3. The van der Waals surface area contributed by atoms with Crippen molar-refractivity contribution >= 4 is 45.5 Å². The predicted molar refractivity (Wildman–Crippen MR) is 254 cm³/mol. The van der Waals surface area contributed by atoms with Crippen LogP contribution in [0.4, 0.5) is 0 Å². The number of hydrogen-bond donors (Lipinski definition) is 8. The van der Waals surface area contributed by atoms with Gasteiger partial charge in [0.05, 0.1) is 4.90 Å². The summed E-state index contributed by atoms with van der Waals surface area (Å²) in [7, 11) is -4.21. The second-order valence-corrected chi connectivity index (χ2v) is 19.5. The molecule has 0 spiro atoms. The smallest absolute Gasteiger partial charge is 0.264 e. The summed E-state index contributed by atoms with van der Waals surface area (Å²) in [5.41, 5.74) is 1.15. The fourth-order valence-corrected chi connectivity index (χ4v) is 9.12. The van der Waals surface area contributed by atoms with Gasteiger partial charge in [-0.05, 0) is 109 Å². The average Bonchev–Trinajstić information content (AvgIpc) is 3.58. The van der Waals surface area contributed by atoms with Gasteiger partial charge in [0.25, 0.3) is 10.0 Å². The first-order chi connectivity index (χ1) is 30.5. The highest BCUT2D eigenvalue weighted by molar-refractivity contribution is 7.90. The molecular weight excluding hydrogens is 849 g/mol. The highest BCUT2D eigenvalue weighted by Crippen LogP contribution is 2.43. The van der Waals surface area contributed by atoms with Crippen molar-refractivity contribution in [2.24, 2.45) is 5.92 Å². The number of fused-ring (bicyclic) bond motifs is 1. The van der Waals surface area contributed by atoms with Gasteiger partial charge < -0.3 is 36.6 Å². The van der Waals surface area contributed by atoms with Gasteiger partial charge in [0.1, 0.15) is 35.0 Å². The third-order valence-electron chi connectivity index (χ3n) is 11.5. The number of carbonyl (C=O) groups is 5. The lowest BCUT2D eigenvalue weighted by molar-refractivity contribution is -0.137. The zero-order valence-corrected chi connectivity index (χ0v) is 40.5. The van der Waals surface area contributed by atoms with E-state index in [9.17, 15) is 32.4 Å². The number of ether oxygens (including phenoxy) is 1. The van der Waals surface area contributed by atoms with Gasteiger partial charge in [-0.15, -0.1) is 13.2 Å². The van der Waals surface area contributed by atoms with Crippen molar-refractivity contribution in [2.75, 3.05) is 13.1 Å². The molecule has 358 valence electrons. The van der Waals surface area contributed by atoms with E-state index in [4.69, 9.17) is 10.1 Å². The highest BCUT2D eigenvalue weighted by atomic mass is 32.2. The standard InChI is InChI=1S/C48H72N8O8S/c1-12-15-16-17-21-27-50-44(60)38(34-23-19-18-20-24-34)54-42(58)36(14-3)52-43(59)37(53-45(61)48(11,26-13-2)55-41(57)30(4)5)25-22-28-51-46(49)56-65(62,63)40-32(7)31(6)39-35(33(40)8)29-47(9,10)64-39/h12-13,18-20,23-24,30,36-38H,1-2,14-17,21-22,25-29H2,3-11H3,(H,50,60)(H,52,59)(H,53,61)(H,54,58)(H,55,57)(H3,49,51,56)/t36-,37-,38+,48+/m0/s1. The van der Waals surface area contributed by atoms with E-state index in [-0.39, 0.29) is 43.0 Å². The van der Waals surface area contributed by atoms with Crippen LogP contribution in [-0.4, -0.2) is 80.2 Å². The first-order valence-corrected chi connectivity index (χ1v) is 24.0. The second-order valence-electron chi connectivity index (χ2n) is 17.8. The number of carbonyl (C=O) groups excluding carboxylic acids is 5. The van der Waals surface area contributed by atoms with Crippen LogP contribution in [0.3, 0.4) is 0 Å². The van der Waals surface area contributed by atoms with E-state index in [2.05, 4.69) is 49.8 Å². The number of amides is 5. The van der Waals surface area contributed by atoms with E-state index in [1.54, 1.807) is 65.0 Å². The largest absolute Gasteiger partial charge is 0.487 e. The van der Waals surface area contributed by atoms with Crippen molar-refractivity contribution < 1.29 is 37.1 Å². The van der Waals surface area contributed by atoms with Gasteiger partial charge in [-0.1, -0.05) is 69.7 Å². The molecule has 65 heavy (non-hydrogen) atoms. The Morgan fingerprint density at radius 2 is 1.48 bits per heavy atom. The van der Waals surface area contributed by atoms with Crippen LogP contribution >= 0.6 is 0 Å². The van der Waals surface area contributed by atoms with E-state index in [1.807, 2.05) is 26.8 Å². The number of rotatable bonds is 25. The Balaban J connectivity index is 1.80. The van der Waals surface area contributed by atoms with Gasteiger partial charge in [0.15, 0.2) is 0 Å². The van der Waals surface area contributed by atoms with Crippen LogP contribution in [0.2, 0.25) is 0 Å². The summed E-state index contributed by atoms with van der Waals surface area (Å²) in [5.74, 6) is -3.06. The summed E-state index contributed by atoms with van der Waals surface area (Å²) in [4.78, 5) is 68.3. The summed E-state index contributed by atoms with van der Waals surface area (Å²) >= 11 is 0. The molecule has 0 unspecified atom stereocenters.